The molecule has 0 saturated heterocycles. The Labute approximate surface area is 227 Å². The molecule has 0 aliphatic heterocycles. The predicted molar refractivity (Wildman–Crippen MR) is 152 cm³/mol. The molecule has 1 saturated carbocycles. The average molecular weight is 521 g/mol. The molecule has 1 fully saturated rings. The molecular weight excluding hydrogens is 488 g/mol. The summed E-state index contributed by atoms with van der Waals surface area (Å²) >= 11 is 0. The molecule has 7 nitrogen and oxygen atoms in total. The monoisotopic (exact) mass is 520 g/mol. The van der Waals surface area contributed by atoms with E-state index in [1.807, 2.05) is 30.6 Å². The van der Waals surface area contributed by atoms with Crippen LogP contribution in [0.25, 0.3) is 33.4 Å². The molecule has 0 atom stereocenters. The van der Waals surface area contributed by atoms with Gasteiger partial charge in [0.25, 0.3) is 0 Å². The lowest BCUT2D eigenvalue weighted by Gasteiger charge is -2.12. The number of ether oxygens (including phenoxy) is 1. The van der Waals surface area contributed by atoms with Crippen molar-refractivity contribution in [1.82, 2.24) is 19.1 Å². The van der Waals surface area contributed by atoms with Gasteiger partial charge < -0.3 is 19.0 Å². The number of hydrogen-bond acceptors (Lipinski definition) is 4. The second kappa shape index (κ2) is 10.4. The van der Waals surface area contributed by atoms with Crippen molar-refractivity contribution >= 4 is 17.2 Å². The van der Waals surface area contributed by atoms with Gasteiger partial charge in [-0.25, -0.2) is 14.8 Å². The van der Waals surface area contributed by atoms with E-state index >= 15 is 0 Å². The molecule has 1 N–H and O–H groups in total. The maximum Gasteiger partial charge on any atom is 0.511 e. The van der Waals surface area contributed by atoms with Crippen molar-refractivity contribution in [1.29, 1.82) is 0 Å². The summed E-state index contributed by atoms with van der Waals surface area (Å²) < 4.78 is 9.53. The predicted octanol–water partition coefficient (Wildman–Crippen LogP) is 7.34. The Bertz CT molecular complexity index is 1640. The highest BCUT2D eigenvalue weighted by atomic mass is 16.7. The van der Waals surface area contributed by atoms with Crippen molar-refractivity contribution in [3.8, 4) is 28.1 Å². The Morgan fingerprint density at radius 2 is 1.87 bits per heavy atom. The third-order valence-electron chi connectivity index (χ3n) is 7.38. The highest BCUT2D eigenvalue weighted by Gasteiger charge is 2.22. The summed E-state index contributed by atoms with van der Waals surface area (Å²) in [6.45, 7) is 6.06. The number of hydrogen-bond donors (Lipinski definition) is 1. The van der Waals surface area contributed by atoms with Crippen LogP contribution in [0.15, 0.2) is 73.2 Å². The number of carbonyl (C=O) groups is 1. The van der Waals surface area contributed by atoms with Crippen molar-refractivity contribution in [2.45, 2.75) is 52.6 Å². The van der Waals surface area contributed by atoms with Gasteiger partial charge in [-0.3, -0.25) is 0 Å². The molecular formula is C32H32N4O3. The van der Waals surface area contributed by atoms with Gasteiger partial charge in [-0.15, -0.1) is 0 Å². The Balaban J connectivity index is 1.33. The summed E-state index contributed by atoms with van der Waals surface area (Å²) in [4.78, 5) is 20.9. The third kappa shape index (κ3) is 5.30. The van der Waals surface area contributed by atoms with E-state index in [0.29, 0.717) is 12.3 Å². The van der Waals surface area contributed by atoms with E-state index in [1.54, 1.807) is 12.1 Å². The lowest BCUT2D eigenvalue weighted by atomic mass is 10.0. The molecule has 0 spiro atoms. The first-order chi connectivity index (χ1) is 19.0. The molecule has 2 heterocycles. The Kier molecular flexibility index (Phi) is 6.65. The summed E-state index contributed by atoms with van der Waals surface area (Å²) in [6, 6.07) is 19.8. The summed E-state index contributed by atoms with van der Waals surface area (Å²) in [6.07, 6.45) is 7.35. The fraction of sp³-hybridized carbons (Fsp3) is 0.281. The summed E-state index contributed by atoms with van der Waals surface area (Å²) in [7, 11) is 0. The minimum Gasteiger partial charge on any atom is -0.449 e. The Hall–Kier alpha value is -4.39. The zero-order valence-electron chi connectivity index (χ0n) is 22.3. The summed E-state index contributed by atoms with van der Waals surface area (Å²) in [5, 5.41) is 9.10. The largest absolute Gasteiger partial charge is 0.511 e. The fourth-order valence-electron chi connectivity index (χ4n) is 5.25. The second-order valence-electron chi connectivity index (χ2n) is 10.5. The van der Waals surface area contributed by atoms with E-state index in [-0.39, 0.29) is 0 Å². The number of aryl methyl sites for hydroxylation is 2. The van der Waals surface area contributed by atoms with Gasteiger partial charge in [0.2, 0.25) is 0 Å². The van der Waals surface area contributed by atoms with Crippen LogP contribution in [0.1, 0.15) is 43.1 Å². The molecule has 5 aromatic rings. The number of fused-ring (bicyclic) bond motifs is 1. The summed E-state index contributed by atoms with van der Waals surface area (Å²) in [5.41, 5.74) is 8.21. The average Bonchev–Trinajstić information content (AvgIpc) is 3.50. The van der Waals surface area contributed by atoms with E-state index in [9.17, 15) is 4.79 Å². The SMILES string of the molecule is CCCc1nc2c(C)cc(-c3cn(CC4CC4)cn3)cc2n1Cc1ccc(-c2ccccc2OC(=O)O)cc1. The van der Waals surface area contributed by atoms with Gasteiger partial charge in [0.1, 0.15) is 11.6 Å². The molecule has 0 bridgehead atoms. The minimum atomic E-state index is -1.32. The number of para-hydroxylation sites is 1. The normalized spacial score (nSPS) is 13.2. The molecule has 1 aliphatic rings. The first-order valence-corrected chi connectivity index (χ1v) is 13.6. The van der Waals surface area contributed by atoms with Crippen LogP contribution in [0.2, 0.25) is 0 Å². The van der Waals surface area contributed by atoms with Crippen LogP contribution in [0, 0.1) is 12.8 Å². The highest BCUT2D eigenvalue weighted by molar-refractivity contribution is 5.85. The van der Waals surface area contributed by atoms with E-state index in [1.165, 1.54) is 12.8 Å². The maximum absolute atomic E-state index is 11.1. The number of carboxylic acid groups (broad SMARTS) is 1. The standard InChI is InChI=1S/C32H32N4O3/c1-3-6-30-34-31-21(2)15-25(27-19-35(20-33-27)17-22-9-10-22)16-28(31)36(30)18-23-11-13-24(14-12-23)26-7-4-5-8-29(26)39-32(37)38/h4-5,7-8,11-16,19-20,22H,3,6,9-10,17-18H2,1-2H3,(H,37,38). The molecule has 7 heteroatoms. The maximum atomic E-state index is 11.1. The number of rotatable bonds is 9. The molecule has 198 valence electrons. The van der Waals surface area contributed by atoms with Gasteiger partial charge >= 0.3 is 6.16 Å². The minimum absolute atomic E-state index is 0.325. The smallest absolute Gasteiger partial charge is 0.449 e. The molecule has 0 amide bonds. The van der Waals surface area contributed by atoms with Crippen LogP contribution in [-0.2, 0) is 19.5 Å². The molecule has 39 heavy (non-hydrogen) atoms. The number of benzene rings is 3. The van der Waals surface area contributed by atoms with Crippen molar-refractivity contribution in [3.05, 3.63) is 90.1 Å². The van der Waals surface area contributed by atoms with Gasteiger partial charge in [-0.05, 0) is 67.0 Å². The molecule has 1 aliphatic carbocycles. The number of nitrogens with zero attached hydrogens (tertiary/aromatic N) is 4. The van der Waals surface area contributed by atoms with E-state index < -0.39 is 6.16 Å². The van der Waals surface area contributed by atoms with Crippen LogP contribution in [-0.4, -0.2) is 30.4 Å². The Morgan fingerprint density at radius 1 is 1.08 bits per heavy atom. The lowest BCUT2D eigenvalue weighted by molar-refractivity contribution is 0.144. The van der Waals surface area contributed by atoms with Crippen molar-refractivity contribution in [2.24, 2.45) is 5.92 Å². The van der Waals surface area contributed by atoms with Gasteiger partial charge in [0, 0.05) is 36.8 Å². The van der Waals surface area contributed by atoms with E-state index in [0.717, 1.165) is 75.7 Å². The van der Waals surface area contributed by atoms with Crippen molar-refractivity contribution in [3.63, 3.8) is 0 Å². The highest BCUT2D eigenvalue weighted by Crippen LogP contribution is 2.33. The number of imidazole rings is 2. The van der Waals surface area contributed by atoms with Crippen molar-refractivity contribution in [2.75, 3.05) is 0 Å². The van der Waals surface area contributed by atoms with Crippen LogP contribution >= 0.6 is 0 Å². The van der Waals surface area contributed by atoms with Crippen LogP contribution in [0.3, 0.4) is 0 Å². The molecule has 6 rings (SSSR count). The van der Waals surface area contributed by atoms with Gasteiger partial charge in [-0.2, -0.15) is 0 Å². The van der Waals surface area contributed by atoms with Crippen molar-refractivity contribution < 1.29 is 14.6 Å². The molecule has 2 aromatic heterocycles. The fourth-order valence-corrected chi connectivity index (χ4v) is 5.25. The third-order valence-corrected chi connectivity index (χ3v) is 7.38. The van der Waals surface area contributed by atoms with Crippen LogP contribution in [0.4, 0.5) is 4.79 Å². The van der Waals surface area contributed by atoms with Crippen LogP contribution in [0.5, 0.6) is 5.75 Å². The second-order valence-corrected chi connectivity index (χ2v) is 10.5. The molecule has 3 aromatic carbocycles. The van der Waals surface area contributed by atoms with Crippen LogP contribution < -0.4 is 4.74 Å². The molecule has 0 unspecified atom stereocenters. The first-order valence-electron chi connectivity index (χ1n) is 13.6. The molecule has 0 radical (unpaired) electrons. The quantitative estimate of drug-likeness (QED) is 0.162. The zero-order chi connectivity index (χ0) is 26.9. The topological polar surface area (TPSA) is 82.2 Å². The zero-order valence-corrected chi connectivity index (χ0v) is 22.3. The van der Waals surface area contributed by atoms with Gasteiger partial charge in [-0.1, -0.05) is 49.4 Å². The Morgan fingerprint density at radius 3 is 2.62 bits per heavy atom. The van der Waals surface area contributed by atoms with E-state index in [2.05, 4.69) is 53.4 Å². The lowest BCUT2D eigenvalue weighted by Crippen LogP contribution is -2.05. The van der Waals surface area contributed by atoms with Gasteiger partial charge in [0.05, 0.1) is 23.1 Å². The first kappa shape index (κ1) is 24.9. The summed E-state index contributed by atoms with van der Waals surface area (Å²) in [5.74, 6) is 2.21. The number of aromatic nitrogens is 4. The van der Waals surface area contributed by atoms with Gasteiger partial charge in [0.15, 0.2) is 0 Å². The van der Waals surface area contributed by atoms with E-state index in [4.69, 9.17) is 19.8 Å².